The highest BCUT2D eigenvalue weighted by Gasteiger charge is 2.26. The van der Waals surface area contributed by atoms with Gasteiger partial charge in [0.25, 0.3) is 5.91 Å². The molecular formula is C16H21ClN2O3. The molecule has 1 saturated heterocycles. The van der Waals surface area contributed by atoms with E-state index in [9.17, 15) is 9.59 Å². The van der Waals surface area contributed by atoms with E-state index in [0.717, 1.165) is 6.42 Å². The molecule has 5 nitrogen and oxygen atoms in total. The lowest BCUT2D eigenvalue weighted by molar-refractivity contribution is -0.137. The maximum atomic E-state index is 12.2. The number of amides is 1. The summed E-state index contributed by atoms with van der Waals surface area (Å²) in [7, 11) is 0. The molecule has 1 aromatic carbocycles. The van der Waals surface area contributed by atoms with E-state index in [4.69, 9.17) is 22.1 Å². The first-order valence-electron chi connectivity index (χ1n) is 7.36. The number of nitrogens with zero attached hydrogens (tertiary/aromatic N) is 1. The van der Waals surface area contributed by atoms with Gasteiger partial charge in [0.1, 0.15) is 0 Å². The second-order valence-electron chi connectivity index (χ2n) is 6.05. The molecule has 1 aliphatic heterocycles. The van der Waals surface area contributed by atoms with Crippen LogP contribution in [-0.2, 0) is 9.53 Å². The molecule has 2 atom stereocenters. The molecule has 6 heteroatoms. The summed E-state index contributed by atoms with van der Waals surface area (Å²) in [6.07, 6.45) is 1.11. The molecule has 0 aromatic heterocycles. The molecule has 1 amide bonds. The van der Waals surface area contributed by atoms with Crippen LogP contribution < -0.4 is 5.73 Å². The van der Waals surface area contributed by atoms with Crippen molar-refractivity contribution in [1.82, 2.24) is 4.90 Å². The number of benzene rings is 1. The lowest BCUT2D eigenvalue weighted by atomic mass is 9.92. The van der Waals surface area contributed by atoms with Gasteiger partial charge in [-0.25, -0.2) is 4.79 Å². The maximum Gasteiger partial charge on any atom is 0.340 e. The zero-order valence-electron chi connectivity index (χ0n) is 12.8. The average Bonchev–Trinajstić information content (AvgIpc) is 2.45. The van der Waals surface area contributed by atoms with Gasteiger partial charge in [-0.1, -0.05) is 25.4 Å². The van der Waals surface area contributed by atoms with Crippen LogP contribution in [0.1, 0.15) is 30.6 Å². The molecule has 0 aliphatic carbocycles. The van der Waals surface area contributed by atoms with Crippen LogP contribution in [0, 0.1) is 11.8 Å². The lowest BCUT2D eigenvalue weighted by Crippen LogP contribution is -2.44. The van der Waals surface area contributed by atoms with E-state index in [-0.39, 0.29) is 23.8 Å². The molecule has 0 radical (unpaired) electrons. The molecule has 120 valence electrons. The van der Waals surface area contributed by atoms with Gasteiger partial charge in [0.2, 0.25) is 0 Å². The van der Waals surface area contributed by atoms with Crippen molar-refractivity contribution in [3.63, 3.8) is 0 Å². The minimum Gasteiger partial charge on any atom is -0.452 e. The molecule has 1 fully saturated rings. The number of carbonyl (C=O) groups is 2. The van der Waals surface area contributed by atoms with Crippen LogP contribution in [0.5, 0.6) is 0 Å². The predicted molar refractivity (Wildman–Crippen MR) is 85.7 cm³/mol. The van der Waals surface area contributed by atoms with Crippen LogP contribution >= 0.6 is 11.6 Å². The minimum absolute atomic E-state index is 0.174. The van der Waals surface area contributed by atoms with E-state index in [2.05, 4.69) is 13.8 Å². The smallest absolute Gasteiger partial charge is 0.340 e. The molecule has 22 heavy (non-hydrogen) atoms. The number of hydrogen-bond donors (Lipinski definition) is 1. The number of esters is 1. The zero-order chi connectivity index (χ0) is 16.3. The van der Waals surface area contributed by atoms with E-state index < -0.39 is 5.97 Å². The second-order valence-corrected chi connectivity index (χ2v) is 6.49. The van der Waals surface area contributed by atoms with Crippen LogP contribution in [-0.4, -0.2) is 36.5 Å². The highest BCUT2D eigenvalue weighted by molar-refractivity contribution is 6.31. The Balaban J connectivity index is 1.93. The maximum absolute atomic E-state index is 12.2. The minimum atomic E-state index is -0.633. The normalized spacial score (nSPS) is 21.5. The van der Waals surface area contributed by atoms with Gasteiger partial charge >= 0.3 is 5.97 Å². The van der Waals surface area contributed by atoms with E-state index >= 15 is 0 Å². The summed E-state index contributed by atoms with van der Waals surface area (Å²) in [5.41, 5.74) is 6.18. The SMILES string of the molecule is C[C@H]1C[C@H](C)CN(C(=O)COC(=O)c2cc(Cl)ccc2N)C1. The fraction of sp³-hybridized carbons (Fsp3) is 0.500. The molecule has 0 bridgehead atoms. The van der Waals surface area contributed by atoms with Crippen molar-refractivity contribution in [3.05, 3.63) is 28.8 Å². The van der Waals surface area contributed by atoms with E-state index in [0.29, 0.717) is 29.9 Å². The summed E-state index contributed by atoms with van der Waals surface area (Å²) in [5, 5.41) is 0.395. The zero-order valence-corrected chi connectivity index (χ0v) is 13.6. The lowest BCUT2D eigenvalue weighted by Gasteiger charge is -2.34. The number of nitrogens with two attached hydrogens (primary N) is 1. The Morgan fingerprint density at radius 2 is 1.95 bits per heavy atom. The molecule has 0 unspecified atom stereocenters. The van der Waals surface area contributed by atoms with Gasteiger partial charge in [0, 0.05) is 23.8 Å². The predicted octanol–water partition coefficient (Wildman–Crippen LogP) is 2.58. The summed E-state index contributed by atoms with van der Waals surface area (Å²) in [4.78, 5) is 25.9. The van der Waals surface area contributed by atoms with Crippen molar-refractivity contribution in [1.29, 1.82) is 0 Å². The number of nitrogen functional groups attached to an aromatic ring is 1. The van der Waals surface area contributed by atoms with Gasteiger partial charge < -0.3 is 15.4 Å². The quantitative estimate of drug-likeness (QED) is 0.685. The van der Waals surface area contributed by atoms with Gasteiger partial charge in [0.15, 0.2) is 6.61 Å². The van der Waals surface area contributed by atoms with Crippen LogP contribution in [0.3, 0.4) is 0 Å². The standard InChI is InChI=1S/C16H21ClN2O3/c1-10-5-11(2)8-19(7-10)15(20)9-22-16(21)13-6-12(17)3-4-14(13)18/h3-4,6,10-11H,5,7-9,18H2,1-2H3/t10-,11-/m0/s1. The van der Waals surface area contributed by atoms with Crippen molar-refractivity contribution >= 4 is 29.2 Å². The van der Waals surface area contributed by atoms with Gasteiger partial charge in [-0.05, 0) is 36.5 Å². The van der Waals surface area contributed by atoms with E-state index in [1.807, 2.05) is 0 Å². The number of halogens is 1. The summed E-state index contributed by atoms with van der Waals surface area (Å²) in [6.45, 7) is 5.38. The number of anilines is 1. The number of rotatable bonds is 3. The molecule has 1 heterocycles. The first kappa shape index (κ1) is 16.6. The topological polar surface area (TPSA) is 72.6 Å². The molecule has 2 N–H and O–H groups in total. The van der Waals surface area contributed by atoms with Gasteiger partial charge in [-0.15, -0.1) is 0 Å². The summed E-state index contributed by atoms with van der Waals surface area (Å²) in [5.74, 6) is 0.123. The first-order valence-corrected chi connectivity index (χ1v) is 7.74. The third kappa shape index (κ3) is 4.13. The highest BCUT2D eigenvalue weighted by atomic mass is 35.5. The molecule has 2 rings (SSSR count). The Labute approximate surface area is 135 Å². The number of piperidine rings is 1. The van der Waals surface area contributed by atoms with E-state index in [1.54, 1.807) is 11.0 Å². The summed E-state index contributed by atoms with van der Waals surface area (Å²) in [6, 6.07) is 4.57. The fourth-order valence-corrected chi connectivity index (χ4v) is 3.04. The molecule has 0 saturated carbocycles. The van der Waals surface area contributed by atoms with Crippen LogP contribution in [0.4, 0.5) is 5.69 Å². The van der Waals surface area contributed by atoms with Crippen molar-refractivity contribution in [2.75, 3.05) is 25.4 Å². The summed E-state index contributed by atoms with van der Waals surface area (Å²) >= 11 is 5.84. The third-order valence-electron chi connectivity index (χ3n) is 3.78. The van der Waals surface area contributed by atoms with Gasteiger partial charge in [-0.2, -0.15) is 0 Å². The Kier molecular flexibility index (Phi) is 5.29. The van der Waals surface area contributed by atoms with Crippen LogP contribution in [0.15, 0.2) is 18.2 Å². The molecule has 1 aromatic rings. The number of hydrogen-bond acceptors (Lipinski definition) is 4. The Bertz CT molecular complexity index is 567. The van der Waals surface area contributed by atoms with Crippen molar-refractivity contribution in [2.24, 2.45) is 11.8 Å². The van der Waals surface area contributed by atoms with Crippen molar-refractivity contribution in [3.8, 4) is 0 Å². The Morgan fingerprint density at radius 3 is 2.59 bits per heavy atom. The van der Waals surface area contributed by atoms with Gasteiger partial charge in [-0.3, -0.25) is 4.79 Å². The fourth-order valence-electron chi connectivity index (χ4n) is 2.87. The van der Waals surface area contributed by atoms with Crippen LogP contribution in [0.25, 0.3) is 0 Å². The average molecular weight is 325 g/mol. The third-order valence-corrected chi connectivity index (χ3v) is 4.02. The van der Waals surface area contributed by atoms with Crippen molar-refractivity contribution < 1.29 is 14.3 Å². The summed E-state index contributed by atoms with van der Waals surface area (Å²) < 4.78 is 5.08. The molecule has 0 spiro atoms. The largest absolute Gasteiger partial charge is 0.452 e. The highest BCUT2D eigenvalue weighted by Crippen LogP contribution is 2.21. The molecular weight excluding hydrogens is 304 g/mol. The van der Waals surface area contributed by atoms with Crippen molar-refractivity contribution in [2.45, 2.75) is 20.3 Å². The number of carbonyl (C=O) groups excluding carboxylic acids is 2. The second kappa shape index (κ2) is 7.01. The first-order chi connectivity index (χ1) is 10.4. The number of likely N-dealkylation sites (tertiary alicyclic amines) is 1. The van der Waals surface area contributed by atoms with Gasteiger partial charge in [0.05, 0.1) is 5.56 Å². The van der Waals surface area contributed by atoms with Crippen LogP contribution in [0.2, 0.25) is 5.02 Å². The Morgan fingerprint density at radius 1 is 1.32 bits per heavy atom. The molecule has 1 aliphatic rings. The monoisotopic (exact) mass is 324 g/mol. The van der Waals surface area contributed by atoms with E-state index in [1.165, 1.54) is 12.1 Å². The number of ether oxygens (including phenoxy) is 1. The Hall–Kier alpha value is -1.75.